The van der Waals surface area contributed by atoms with Gasteiger partial charge in [0, 0.05) is 17.0 Å². The Labute approximate surface area is 185 Å². The summed E-state index contributed by atoms with van der Waals surface area (Å²) in [5.41, 5.74) is 3.20. The van der Waals surface area contributed by atoms with Crippen LogP contribution in [0, 0.1) is 11.3 Å². The van der Waals surface area contributed by atoms with Crippen LogP contribution in [0.15, 0.2) is 83.8 Å². The predicted octanol–water partition coefficient (Wildman–Crippen LogP) is 4.49. The van der Waals surface area contributed by atoms with Crippen molar-refractivity contribution in [2.75, 3.05) is 17.2 Å². The van der Waals surface area contributed by atoms with Gasteiger partial charge in [-0.15, -0.1) is 11.8 Å². The van der Waals surface area contributed by atoms with Crippen LogP contribution in [0.4, 0.5) is 5.69 Å². The zero-order valence-corrected chi connectivity index (χ0v) is 17.7. The van der Waals surface area contributed by atoms with Crippen LogP contribution in [0.3, 0.4) is 0 Å². The Morgan fingerprint density at radius 1 is 1.00 bits per heavy atom. The molecule has 0 N–H and O–H groups in total. The lowest BCUT2D eigenvalue weighted by atomic mass is 10.1. The summed E-state index contributed by atoms with van der Waals surface area (Å²) in [6.45, 7) is 0.800. The maximum atomic E-state index is 13.2. The van der Waals surface area contributed by atoms with E-state index in [1.54, 1.807) is 17.0 Å². The molecule has 2 amide bonds. The molecule has 0 aliphatic carbocycles. The van der Waals surface area contributed by atoms with Crippen molar-refractivity contribution < 1.29 is 9.59 Å². The van der Waals surface area contributed by atoms with Crippen LogP contribution in [-0.4, -0.2) is 29.0 Å². The van der Waals surface area contributed by atoms with Crippen molar-refractivity contribution in [1.29, 1.82) is 5.26 Å². The first-order valence-electron chi connectivity index (χ1n) is 9.97. The minimum absolute atomic E-state index is 0.00772. The summed E-state index contributed by atoms with van der Waals surface area (Å²) in [7, 11) is 0. The SMILES string of the molecule is N#CCN(Cc1ccccc1)C(=O)c1ccc2c(c1)N(Cc1ccccc1)C(=O)CS2. The number of nitriles is 1. The second-order valence-corrected chi connectivity index (χ2v) is 8.26. The van der Waals surface area contributed by atoms with Crippen LogP contribution in [0.25, 0.3) is 0 Å². The van der Waals surface area contributed by atoms with Gasteiger partial charge < -0.3 is 9.80 Å². The molecule has 0 radical (unpaired) electrons. The first-order valence-corrected chi connectivity index (χ1v) is 11.0. The van der Waals surface area contributed by atoms with Crippen molar-refractivity contribution in [1.82, 2.24) is 4.90 Å². The number of fused-ring (bicyclic) bond motifs is 1. The molecule has 0 fully saturated rings. The zero-order chi connectivity index (χ0) is 21.6. The number of hydrogen-bond acceptors (Lipinski definition) is 4. The quantitative estimate of drug-likeness (QED) is 0.544. The third kappa shape index (κ3) is 4.79. The Bertz CT molecular complexity index is 1130. The summed E-state index contributed by atoms with van der Waals surface area (Å²) >= 11 is 1.48. The van der Waals surface area contributed by atoms with Gasteiger partial charge in [-0.05, 0) is 29.3 Å². The second-order valence-electron chi connectivity index (χ2n) is 7.24. The van der Waals surface area contributed by atoms with E-state index in [0.29, 0.717) is 24.4 Å². The summed E-state index contributed by atoms with van der Waals surface area (Å²) in [6, 6.07) is 26.9. The standard InChI is InChI=1S/C25H21N3O2S/c26-13-14-27(16-19-7-3-1-4-8-19)25(30)21-11-12-23-22(15-21)28(24(29)18-31-23)17-20-9-5-2-6-10-20/h1-12,15H,14,16-18H2. The van der Waals surface area contributed by atoms with Crippen LogP contribution >= 0.6 is 11.8 Å². The van der Waals surface area contributed by atoms with E-state index < -0.39 is 0 Å². The fourth-order valence-corrected chi connectivity index (χ4v) is 4.46. The zero-order valence-electron chi connectivity index (χ0n) is 16.9. The number of nitrogens with zero attached hydrogens (tertiary/aromatic N) is 3. The van der Waals surface area contributed by atoms with E-state index in [1.165, 1.54) is 16.7 Å². The van der Waals surface area contributed by atoms with Crippen molar-refractivity contribution in [2.45, 2.75) is 18.0 Å². The van der Waals surface area contributed by atoms with E-state index in [9.17, 15) is 14.9 Å². The molecule has 6 heteroatoms. The molecule has 0 spiro atoms. The van der Waals surface area contributed by atoms with Gasteiger partial charge in [0.1, 0.15) is 6.54 Å². The molecule has 1 heterocycles. The largest absolute Gasteiger partial charge is 0.321 e. The molecule has 1 aliphatic heterocycles. The molecule has 4 rings (SSSR count). The molecule has 0 saturated heterocycles. The molecule has 1 aliphatic rings. The Hall–Kier alpha value is -3.56. The molecular formula is C25H21N3O2S. The molecule has 0 aromatic heterocycles. The maximum Gasteiger partial charge on any atom is 0.255 e. The molecule has 3 aromatic carbocycles. The molecule has 154 valence electrons. The highest BCUT2D eigenvalue weighted by molar-refractivity contribution is 8.00. The lowest BCUT2D eigenvalue weighted by Gasteiger charge is -2.30. The van der Waals surface area contributed by atoms with Gasteiger partial charge in [-0.1, -0.05) is 60.7 Å². The fourth-order valence-electron chi connectivity index (χ4n) is 3.55. The first kappa shape index (κ1) is 20.7. The normalized spacial score (nSPS) is 12.7. The van der Waals surface area contributed by atoms with Crippen LogP contribution in [0.5, 0.6) is 0 Å². The molecule has 0 saturated carbocycles. The highest BCUT2D eigenvalue weighted by Gasteiger charge is 2.27. The minimum Gasteiger partial charge on any atom is -0.321 e. The third-order valence-corrected chi connectivity index (χ3v) is 6.14. The maximum absolute atomic E-state index is 13.2. The summed E-state index contributed by atoms with van der Waals surface area (Å²) in [4.78, 5) is 30.2. The van der Waals surface area contributed by atoms with Crippen LogP contribution in [0.1, 0.15) is 21.5 Å². The Morgan fingerprint density at radius 3 is 2.35 bits per heavy atom. The van der Waals surface area contributed by atoms with E-state index >= 15 is 0 Å². The molecule has 3 aromatic rings. The lowest BCUT2D eigenvalue weighted by molar-refractivity contribution is -0.116. The van der Waals surface area contributed by atoms with Gasteiger partial charge in [0.25, 0.3) is 5.91 Å². The van der Waals surface area contributed by atoms with E-state index in [0.717, 1.165) is 21.7 Å². The number of thioether (sulfide) groups is 1. The number of anilines is 1. The van der Waals surface area contributed by atoms with Crippen LogP contribution < -0.4 is 4.90 Å². The highest BCUT2D eigenvalue weighted by Crippen LogP contribution is 2.37. The summed E-state index contributed by atoms with van der Waals surface area (Å²) in [6.07, 6.45) is 0. The van der Waals surface area contributed by atoms with Crippen molar-refractivity contribution in [3.8, 4) is 6.07 Å². The van der Waals surface area contributed by atoms with Crippen LogP contribution in [-0.2, 0) is 17.9 Å². The number of rotatable bonds is 6. The predicted molar refractivity (Wildman–Crippen MR) is 122 cm³/mol. The average Bonchev–Trinajstić information content (AvgIpc) is 2.81. The lowest BCUT2D eigenvalue weighted by Crippen LogP contribution is -2.35. The molecule has 0 bridgehead atoms. The third-order valence-electron chi connectivity index (χ3n) is 5.10. The molecule has 31 heavy (non-hydrogen) atoms. The summed E-state index contributed by atoms with van der Waals surface area (Å²) < 4.78 is 0. The van der Waals surface area contributed by atoms with E-state index in [2.05, 4.69) is 6.07 Å². The highest BCUT2D eigenvalue weighted by atomic mass is 32.2. The molecule has 0 unspecified atom stereocenters. The van der Waals surface area contributed by atoms with E-state index in [-0.39, 0.29) is 18.4 Å². The smallest absolute Gasteiger partial charge is 0.255 e. The second kappa shape index (κ2) is 9.50. The summed E-state index contributed by atoms with van der Waals surface area (Å²) in [5, 5.41) is 9.24. The van der Waals surface area contributed by atoms with Gasteiger partial charge in [0.2, 0.25) is 5.91 Å². The van der Waals surface area contributed by atoms with Crippen molar-refractivity contribution in [3.05, 3.63) is 95.6 Å². The topological polar surface area (TPSA) is 64.4 Å². The van der Waals surface area contributed by atoms with Gasteiger partial charge in [0.05, 0.1) is 24.1 Å². The number of hydrogen-bond donors (Lipinski definition) is 0. The van der Waals surface area contributed by atoms with Crippen molar-refractivity contribution >= 4 is 29.3 Å². The van der Waals surface area contributed by atoms with Gasteiger partial charge in [-0.25, -0.2) is 0 Å². The Kier molecular flexibility index (Phi) is 6.34. The number of carbonyl (C=O) groups is 2. The van der Waals surface area contributed by atoms with Gasteiger partial charge in [0.15, 0.2) is 0 Å². The summed E-state index contributed by atoms with van der Waals surface area (Å²) in [5.74, 6) is 0.168. The van der Waals surface area contributed by atoms with E-state index in [4.69, 9.17) is 0 Å². The minimum atomic E-state index is -0.226. The van der Waals surface area contributed by atoms with Gasteiger partial charge in [-0.3, -0.25) is 9.59 Å². The Morgan fingerprint density at radius 2 is 1.68 bits per heavy atom. The number of benzene rings is 3. The molecular weight excluding hydrogens is 406 g/mol. The molecule has 0 atom stereocenters. The Balaban J connectivity index is 1.63. The van der Waals surface area contributed by atoms with Crippen LogP contribution in [0.2, 0.25) is 0 Å². The number of carbonyl (C=O) groups excluding carboxylic acids is 2. The van der Waals surface area contributed by atoms with Crippen molar-refractivity contribution in [2.24, 2.45) is 0 Å². The average molecular weight is 428 g/mol. The number of amides is 2. The fraction of sp³-hybridized carbons (Fsp3) is 0.160. The van der Waals surface area contributed by atoms with E-state index in [1.807, 2.05) is 66.7 Å². The first-order chi connectivity index (χ1) is 15.2. The van der Waals surface area contributed by atoms with Gasteiger partial charge in [-0.2, -0.15) is 5.26 Å². The van der Waals surface area contributed by atoms with Crippen molar-refractivity contribution in [3.63, 3.8) is 0 Å². The van der Waals surface area contributed by atoms with Gasteiger partial charge >= 0.3 is 0 Å². The molecule has 5 nitrogen and oxygen atoms in total. The monoisotopic (exact) mass is 427 g/mol.